The molecule has 2 aromatic rings. The molecule has 7 heteroatoms. The van der Waals surface area contributed by atoms with Crippen LogP contribution in [0, 0.1) is 0 Å². The Morgan fingerprint density at radius 2 is 2.04 bits per heavy atom. The minimum absolute atomic E-state index is 0.0181. The zero-order valence-electron chi connectivity index (χ0n) is 13.6. The van der Waals surface area contributed by atoms with Crippen molar-refractivity contribution in [3.63, 3.8) is 0 Å². The molecule has 1 aromatic heterocycles. The predicted octanol–water partition coefficient (Wildman–Crippen LogP) is 2.54. The van der Waals surface area contributed by atoms with Crippen LogP contribution in [-0.2, 0) is 9.84 Å². The van der Waals surface area contributed by atoms with Gasteiger partial charge in [-0.3, -0.25) is 15.6 Å². The lowest BCUT2D eigenvalue weighted by atomic mass is 10.1. The van der Waals surface area contributed by atoms with E-state index in [4.69, 9.17) is 0 Å². The van der Waals surface area contributed by atoms with Crippen LogP contribution < -0.4 is 10.6 Å². The molecular weight excluding hydrogens is 342 g/mol. The minimum Gasteiger partial charge on any atom is -0.292 e. The molecule has 1 aromatic carbocycles. The molecule has 1 aliphatic rings. The first-order chi connectivity index (χ1) is 11.4. The molecule has 1 aliphatic heterocycles. The van der Waals surface area contributed by atoms with Crippen molar-refractivity contribution in [2.45, 2.75) is 30.1 Å². The molecule has 0 saturated carbocycles. The largest absolute Gasteiger partial charge is 0.292 e. The van der Waals surface area contributed by atoms with Crippen LogP contribution in [0.3, 0.4) is 0 Å². The molecule has 128 valence electrons. The van der Waals surface area contributed by atoms with Crippen LogP contribution in [0.5, 0.6) is 0 Å². The van der Waals surface area contributed by atoms with E-state index in [2.05, 4.69) is 34.0 Å². The maximum atomic E-state index is 11.6. The molecule has 0 radical (unpaired) electrons. The summed E-state index contributed by atoms with van der Waals surface area (Å²) in [7, 11) is -3.16. The Kier molecular flexibility index (Phi) is 5.15. The Balaban J connectivity index is 1.67. The fourth-order valence-corrected chi connectivity index (χ4v) is 4.09. The van der Waals surface area contributed by atoms with Gasteiger partial charge in [0.1, 0.15) is 0 Å². The SMILES string of the molecule is C[C@H](NC1C=NCC(c2ccc(S(C)(=O)=O)cc2)N1)c1cccs1. The summed E-state index contributed by atoms with van der Waals surface area (Å²) in [4.78, 5) is 6.08. The van der Waals surface area contributed by atoms with Crippen LogP contribution >= 0.6 is 11.3 Å². The third kappa shape index (κ3) is 4.10. The van der Waals surface area contributed by atoms with Crippen LogP contribution in [0.4, 0.5) is 0 Å². The Morgan fingerprint density at radius 3 is 2.67 bits per heavy atom. The van der Waals surface area contributed by atoms with Crippen LogP contribution in [0.25, 0.3) is 0 Å². The summed E-state index contributed by atoms with van der Waals surface area (Å²) in [6.45, 7) is 2.77. The van der Waals surface area contributed by atoms with E-state index in [1.54, 1.807) is 23.5 Å². The van der Waals surface area contributed by atoms with Crippen LogP contribution in [0.1, 0.15) is 29.4 Å². The second kappa shape index (κ2) is 7.14. The number of hydrogen-bond donors (Lipinski definition) is 2. The molecule has 24 heavy (non-hydrogen) atoms. The third-order valence-electron chi connectivity index (χ3n) is 4.03. The van der Waals surface area contributed by atoms with Gasteiger partial charge >= 0.3 is 0 Å². The average Bonchev–Trinajstić information content (AvgIpc) is 3.09. The highest BCUT2D eigenvalue weighted by Crippen LogP contribution is 2.21. The first-order valence-electron chi connectivity index (χ1n) is 7.79. The van der Waals surface area contributed by atoms with Gasteiger partial charge in [-0.05, 0) is 36.1 Å². The molecule has 2 heterocycles. The molecule has 0 amide bonds. The topological polar surface area (TPSA) is 70.6 Å². The summed E-state index contributed by atoms with van der Waals surface area (Å²) in [5.74, 6) is 0. The van der Waals surface area contributed by atoms with Crippen molar-refractivity contribution >= 4 is 27.4 Å². The van der Waals surface area contributed by atoms with Gasteiger partial charge in [-0.25, -0.2) is 8.42 Å². The van der Waals surface area contributed by atoms with Crippen molar-refractivity contribution in [1.82, 2.24) is 10.6 Å². The number of hydrogen-bond acceptors (Lipinski definition) is 6. The van der Waals surface area contributed by atoms with Gasteiger partial charge in [0, 0.05) is 23.4 Å². The molecule has 0 spiro atoms. The highest BCUT2D eigenvalue weighted by Gasteiger charge is 2.21. The lowest BCUT2D eigenvalue weighted by Gasteiger charge is -2.29. The second-order valence-corrected chi connectivity index (χ2v) is 8.95. The molecule has 0 aliphatic carbocycles. The number of rotatable bonds is 5. The fraction of sp³-hybridized carbons (Fsp3) is 0.353. The maximum Gasteiger partial charge on any atom is 0.175 e. The maximum absolute atomic E-state index is 11.6. The summed E-state index contributed by atoms with van der Waals surface area (Å²) in [5.41, 5.74) is 1.04. The van der Waals surface area contributed by atoms with Gasteiger partial charge in [0.25, 0.3) is 0 Å². The molecule has 2 unspecified atom stereocenters. The summed E-state index contributed by atoms with van der Waals surface area (Å²) in [6.07, 6.45) is 3.10. The first kappa shape index (κ1) is 17.3. The second-order valence-electron chi connectivity index (χ2n) is 5.96. The van der Waals surface area contributed by atoms with E-state index in [1.807, 2.05) is 24.4 Å². The lowest BCUT2D eigenvalue weighted by Crippen LogP contribution is -2.49. The average molecular weight is 364 g/mol. The fourth-order valence-electron chi connectivity index (χ4n) is 2.71. The van der Waals surface area contributed by atoms with Gasteiger partial charge < -0.3 is 0 Å². The Bertz CT molecular complexity index is 799. The highest BCUT2D eigenvalue weighted by molar-refractivity contribution is 7.90. The molecule has 0 bridgehead atoms. The van der Waals surface area contributed by atoms with Gasteiger partial charge in [-0.1, -0.05) is 18.2 Å². The predicted molar refractivity (Wildman–Crippen MR) is 98.4 cm³/mol. The Morgan fingerprint density at radius 1 is 1.29 bits per heavy atom. The monoisotopic (exact) mass is 363 g/mol. The molecule has 3 rings (SSSR count). The standard InChI is InChI=1S/C17H21N3O2S2/c1-12(16-4-3-9-23-16)19-17-11-18-10-15(20-17)13-5-7-14(8-6-13)24(2,21)22/h3-9,11-12,15,17,19-20H,10H2,1-2H3/t12-,15?,17?/m0/s1. The number of nitrogens with one attached hydrogen (secondary N) is 2. The normalized spacial score (nSPS) is 22.4. The van der Waals surface area contributed by atoms with Gasteiger partial charge in [0.2, 0.25) is 0 Å². The third-order valence-corrected chi connectivity index (χ3v) is 6.22. The van der Waals surface area contributed by atoms with Crippen molar-refractivity contribution in [3.8, 4) is 0 Å². The minimum atomic E-state index is -3.16. The molecule has 2 N–H and O–H groups in total. The van der Waals surface area contributed by atoms with Crippen molar-refractivity contribution in [3.05, 3.63) is 52.2 Å². The van der Waals surface area contributed by atoms with E-state index in [-0.39, 0.29) is 18.2 Å². The number of aliphatic imine (C=N–C) groups is 1. The van der Waals surface area contributed by atoms with E-state index in [9.17, 15) is 8.42 Å². The number of sulfone groups is 1. The Hall–Kier alpha value is -1.54. The van der Waals surface area contributed by atoms with E-state index >= 15 is 0 Å². The van der Waals surface area contributed by atoms with Crippen molar-refractivity contribution in [2.75, 3.05) is 12.8 Å². The van der Waals surface area contributed by atoms with Crippen LogP contribution in [0.15, 0.2) is 51.7 Å². The van der Waals surface area contributed by atoms with E-state index in [0.717, 1.165) is 5.56 Å². The number of nitrogens with zero attached hydrogens (tertiary/aromatic N) is 1. The van der Waals surface area contributed by atoms with E-state index in [1.165, 1.54) is 11.1 Å². The highest BCUT2D eigenvalue weighted by atomic mass is 32.2. The van der Waals surface area contributed by atoms with Crippen molar-refractivity contribution < 1.29 is 8.42 Å². The zero-order valence-corrected chi connectivity index (χ0v) is 15.3. The molecule has 3 atom stereocenters. The quantitative estimate of drug-likeness (QED) is 0.856. The molecule has 0 saturated heterocycles. The lowest BCUT2D eigenvalue weighted by molar-refractivity contribution is 0.406. The van der Waals surface area contributed by atoms with E-state index in [0.29, 0.717) is 11.4 Å². The number of thiophene rings is 1. The summed E-state index contributed by atoms with van der Waals surface area (Å²) in [6, 6.07) is 11.5. The van der Waals surface area contributed by atoms with Crippen LogP contribution in [0.2, 0.25) is 0 Å². The molecule has 5 nitrogen and oxygen atoms in total. The summed E-state index contributed by atoms with van der Waals surface area (Å²) in [5, 5.41) is 9.10. The van der Waals surface area contributed by atoms with Crippen LogP contribution in [-0.4, -0.2) is 33.6 Å². The van der Waals surface area contributed by atoms with Crippen molar-refractivity contribution in [2.24, 2.45) is 4.99 Å². The van der Waals surface area contributed by atoms with Gasteiger partial charge in [-0.2, -0.15) is 0 Å². The number of benzene rings is 1. The van der Waals surface area contributed by atoms with Gasteiger partial charge in [0.15, 0.2) is 9.84 Å². The van der Waals surface area contributed by atoms with Gasteiger partial charge in [0.05, 0.1) is 23.6 Å². The smallest absolute Gasteiger partial charge is 0.175 e. The Labute approximate surface area is 146 Å². The molecule has 0 fully saturated rings. The summed E-state index contributed by atoms with van der Waals surface area (Å²) >= 11 is 1.73. The van der Waals surface area contributed by atoms with Gasteiger partial charge in [-0.15, -0.1) is 11.3 Å². The molecular formula is C17H21N3O2S2. The first-order valence-corrected chi connectivity index (χ1v) is 10.6. The summed E-state index contributed by atoms with van der Waals surface area (Å²) < 4.78 is 23.1. The zero-order chi connectivity index (χ0) is 17.2. The van der Waals surface area contributed by atoms with Crippen molar-refractivity contribution in [1.29, 1.82) is 0 Å². The van der Waals surface area contributed by atoms with E-state index < -0.39 is 9.84 Å².